The molecule has 53 heavy (non-hydrogen) atoms. The number of rotatable bonds is 5. The number of fused-ring (bicyclic) bond motifs is 9. The lowest BCUT2D eigenvalue weighted by molar-refractivity contribution is 0.769. The van der Waals surface area contributed by atoms with Crippen molar-refractivity contribution in [3.8, 4) is 22.3 Å². The number of hydrogen-bond acceptors (Lipinski definition) is 2. The van der Waals surface area contributed by atoms with E-state index in [0.717, 1.165) is 5.69 Å². The predicted molar refractivity (Wildman–Crippen MR) is 224 cm³/mol. The second-order valence-electron chi connectivity index (χ2n) is 14.4. The Bertz CT molecular complexity index is 2820. The van der Waals surface area contributed by atoms with E-state index in [1.54, 1.807) is 0 Å². The van der Waals surface area contributed by atoms with Crippen LogP contribution in [0, 0.1) is 0 Å². The summed E-state index contributed by atoms with van der Waals surface area (Å²) < 4.78 is 2.62. The van der Waals surface area contributed by atoms with Crippen LogP contribution < -0.4 is 4.90 Å². The molecule has 0 unspecified atom stereocenters. The van der Waals surface area contributed by atoms with Crippen molar-refractivity contribution in [3.63, 3.8) is 0 Å². The molecule has 1 heterocycles. The van der Waals surface area contributed by atoms with Gasteiger partial charge in [-0.15, -0.1) is 11.3 Å². The second kappa shape index (κ2) is 11.6. The van der Waals surface area contributed by atoms with Crippen LogP contribution in [0.25, 0.3) is 42.4 Å². The highest BCUT2D eigenvalue weighted by atomic mass is 32.1. The predicted octanol–water partition coefficient (Wildman–Crippen LogP) is 14.0. The maximum atomic E-state index is 2.47. The minimum absolute atomic E-state index is 0.231. The third-order valence-electron chi connectivity index (χ3n) is 11.8. The monoisotopic (exact) mass is 693 g/mol. The quantitative estimate of drug-likeness (QED) is 0.173. The molecule has 11 rings (SSSR count). The molecule has 8 aromatic carbocycles. The number of hydrogen-bond donors (Lipinski definition) is 0. The molecule has 1 atom stereocenters. The molecule has 0 amide bonds. The summed E-state index contributed by atoms with van der Waals surface area (Å²) in [7, 11) is 0. The van der Waals surface area contributed by atoms with Crippen LogP contribution in [0.5, 0.6) is 0 Å². The molecule has 2 heteroatoms. The molecule has 0 N–H and O–H groups in total. The van der Waals surface area contributed by atoms with Crippen LogP contribution in [0.3, 0.4) is 0 Å². The normalized spacial score (nSPS) is 14.8. The lowest BCUT2D eigenvalue weighted by atomic mass is 9.65. The topological polar surface area (TPSA) is 3.24 Å². The average Bonchev–Trinajstić information content (AvgIpc) is 3.85. The van der Waals surface area contributed by atoms with Gasteiger partial charge in [-0.2, -0.15) is 0 Å². The largest absolute Gasteiger partial charge is 0.310 e. The zero-order valence-electron chi connectivity index (χ0n) is 29.3. The highest BCUT2D eigenvalue weighted by Gasteiger charge is 2.48. The fourth-order valence-corrected chi connectivity index (χ4v) is 10.7. The van der Waals surface area contributed by atoms with Gasteiger partial charge in [-0.25, -0.2) is 0 Å². The van der Waals surface area contributed by atoms with Crippen molar-refractivity contribution in [3.05, 3.63) is 221 Å². The molecule has 0 spiro atoms. The van der Waals surface area contributed by atoms with Crippen molar-refractivity contribution in [2.75, 3.05) is 4.90 Å². The van der Waals surface area contributed by atoms with E-state index in [2.05, 4.69) is 200 Å². The van der Waals surface area contributed by atoms with E-state index >= 15 is 0 Å². The molecule has 0 saturated carbocycles. The Balaban J connectivity index is 1.16. The van der Waals surface area contributed by atoms with Crippen LogP contribution in [0.4, 0.5) is 17.1 Å². The molecular weight excluding hydrogens is 659 g/mol. The summed E-state index contributed by atoms with van der Waals surface area (Å²) in [6.07, 6.45) is 0. The zero-order valence-corrected chi connectivity index (χ0v) is 30.1. The number of nitrogens with zero attached hydrogens (tertiary/aromatic N) is 1. The Hall–Kier alpha value is -6.22. The zero-order chi connectivity index (χ0) is 35.1. The lowest BCUT2D eigenvalue weighted by Gasteiger charge is -2.35. The van der Waals surface area contributed by atoms with Gasteiger partial charge in [0.1, 0.15) is 0 Å². The molecule has 9 aromatic rings. The standard InChI is InChI=1S/C51H35NS/c1-33-37-23-14-26-45(51(34-16-4-2-5-17-34)43-24-11-8-20-38(43)39-21-9-12-25-44(39)51)49(37)40-31-30-36(32-42(33)40)52(35-18-6-3-7-19-35)46-27-15-29-48-50(46)41-22-10-13-28-47(41)53-48/h2-33H,1H3/t33-/m1/s1. The number of benzene rings is 8. The molecule has 0 aliphatic heterocycles. The van der Waals surface area contributed by atoms with E-state index in [1.807, 2.05) is 11.3 Å². The Labute approximate surface area is 314 Å². The molecule has 0 bridgehead atoms. The lowest BCUT2D eigenvalue weighted by Crippen LogP contribution is -2.29. The Kier molecular flexibility index (Phi) is 6.68. The summed E-state index contributed by atoms with van der Waals surface area (Å²) in [4.78, 5) is 2.47. The van der Waals surface area contributed by atoms with E-state index in [9.17, 15) is 0 Å². The van der Waals surface area contributed by atoms with Crippen molar-refractivity contribution in [2.45, 2.75) is 18.3 Å². The number of thiophene rings is 1. The molecular formula is C51H35NS. The van der Waals surface area contributed by atoms with Crippen molar-refractivity contribution in [2.24, 2.45) is 0 Å². The first kappa shape index (κ1) is 30.4. The smallest absolute Gasteiger partial charge is 0.0719 e. The van der Waals surface area contributed by atoms with Gasteiger partial charge < -0.3 is 4.90 Å². The second-order valence-corrected chi connectivity index (χ2v) is 15.5. The fraction of sp³-hybridized carbons (Fsp3) is 0.0588. The third-order valence-corrected chi connectivity index (χ3v) is 12.9. The van der Waals surface area contributed by atoms with Crippen LogP contribution in [-0.2, 0) is 5.41 Å². The van der Waals surface area contributed by atoms with Gasteiger partial charge in [0.25, 0.3) is 0 Å². The van der Waals surface area contributed by atoms with Gasteiger partial charge in [-0.05, 0) is 98.1 Å². The summed E-state index contributed by atoms with van der Waals surface area (Å²) in [5.41, 5.74) is 16.5. The molecule has 2 aliphatic rings. The summed E-state index contributed by atoms with van der Waals surface area (Å²) in [5.74, 6) is 0.231. The maximum Gasteiger partial charge on any atom is 0.0719 e. The first-order chi connectivity index (χ1) is 26.2. The van der Waals surface area contributed by atoms with Gasteiger partial charge in [0.2, 0.25) is 0 Å². The molecule has 0 saturated heterocycles. The van der Waals surface area contributed by atoms with Crippen LogP contribution in [-0.4, -0.2) is 0 Å². The molecule has 1 aromatic heterocycles. The van der Waals surface area contributed by atoms with Crippen LogP contribution in [0.15, 0.2) is 188 Å². The Morgan fingerprint density at radius 3 is 1.87 bits per heavy atom. The number of para-hydroxylation sites is 1. The molecule has 0 fully saturated rings. The number of anilines is 3. The van der Waals surface area contributed by atoms with Crippen molar-refractivity contribution in [1.82, 2.24) is 0 Å². The maximum absolute atomic E-state index is 2.47. The van der Waals surface area contributed by atoms with Gasteiger partial charge in [0.05, 0.1) is 11.1 Å². The molecule has 250 valence electrons. The average molecular weight is 694 g/mol. The van der Waals surface area contributed by atoms with E-state index in [-0.39, 0.29) is 5.92 Å². The SMILES string of the molecule is C[C@H]1c2cc(N(c3ccccc3)c3cccc4sc5ccccc5c34)ccc2-c2c1cccc2C1(c2ccccc2)c2ccccc2-c2ccccc21. The van der Waals surface area contributed by atoms with Gasteiger partial charge >= 0.3 is 0 Å². The van der Waals surface area contributed by atoms with Crippen molar-refractivity contribution < 1.29 is 0 Å². The summed E-state index contributed by atoms with van der Waals surface area (Å²) in [6, 6.07) is 70.0. The van der Waals surface area contributed by atoms with Gasteiger partial charge in [0.15, 0.2) is 0 Å². The van der Waals surface area contributed by atoms with E-state index in [1.165, 1.54) is 87.2 Å². The summed E-state index contributed by atoms with van der Waals surface area (Å²) in [5, 5.41) is 2.61. The van der Waals surface area contributed by atoms with E-state index < -0.39 is 5.41 Å². The highest BCUT2D eigenvalue weighted by Crippen LogP contribution is 2.60. The van der Waals surface area contributed by atoms with Crippen LogP contribution in [0.2, 0.25) is 0 Å². The third kappa shape index (κ3) is 4.24. The Morgan fingerprint density at radius 2 is 1.09 bits per heavy atom. The van der Waals surface area contributed by atoms with E-state index in [0.29, 0.717) is 0 Å². The van der Waals surface area contributed by atoms with Crippen molar-refractivity contribution in [1.29, 1.82) is 0 Å². The Morgan fingerprint density at radius 1 is 0.472 bits per heavy atom. The summed E-state index contributed by atoms with van der Waals surface area (Å²) >= 11 is 1.87. The minimum atomic E-state index is -0.453. The summed E-state index contributed by atoms with van der Waals surface area (Å²) in [6.45, 7) is 2.39. The molecule has 2 aliphatic carbocycles. The van der Waals surface area contributed by atoms with Gasteiger partial charge in [-0.3, -0.25) is 0 Å². The highest BCUT2D eigenvalue weighted by molar-refractivity contribution is 7.26. The molecule has 1 nitrogen and oxygen atoms in total. The van der Waals surface area contributed by atoms with Crippen LogP contribution in [0.1, 0.15) is 46.2 Å². The molecule has 0 radical (unpaired) electrons. The van der Waals surface area contributed by atoms with E-state index in [4.69, 9.17) is 0 Å². The van der Waals surface area contributed by atoms with Crippen molar-refractivity contribution >= 4 is 48.6 Å². The van der Waals surface area contributed by atoms with Gasteiger partial charge in [-0.1, -0.05) is 153 Å². The minimum Gasteiger partial charge on any atom is -0.310 e. The van der Waals surface area contributed by atoms with Gasteiger partial charge in [0, 0.05) is 37.5 Å². The first-order valence-corrected chi connectivity index (χ1v) is 19.3. The fourth-order valence-electron chi connectivity index (χ4n) is 9.61. The van der Waals surface area contributed by atoms with Crippen LogP contribution >= 0.6 is 11.3 Å². The first-order valence-electron chi connectivity index (χ1n) is 18.5.